The number of hydrogen-bond donors (Lipinski definition) is 1. The van der Waals surface area contributed by atoms with Crippen molar-refractivity contribution in [1.82, 2.24) is 4.98 Å². The molecule has 1 unspecified atom stereocenters. The molecule has 0 saturated carbocycles. The van der Waals surface area contributed by atoms with Gasteiger partial charge >= 0.3 is 0 Å². The largest absolute Gasteiger partial charge is 0.491 e. The van der Waals surface area contributed by atoms with E-state index < -0.39 is 0 Å². The van der Waals surface area contributed by atoms with Crippen LogP contribution in [0.5, 0.6) is 5.75 Å². The van der Waals surface area contributed by atoms with Crippen LogP contribution in [0.2, 0.25) is 5.02 Å². The predicted octanol–water partition coefficient (Wildman–Crippen LogP) is 4.76. The Morgan fingerprint density at radius 3 is 3.00 bits per heavy atom. The highest BCUT2D eigenvalue weighted by Crippen LogP contribution is 2.31. The molecule has 0 aliphatic heterocycles. The molecule has 3 nitrogen and oxygen atoms in total. The van der Waals surface area contributed by atoms with Crippen LogP contribution in [0.3, 0.4) is 0 Å². The Hall–Kier alpha value is -1.26. The summed E-state index contributed by atoms with van der Waals surface area (Å²) in [4.78, 5) is 4.31. The molecule has 0 fully saturated rings. The van der Waals surface area contributed by atoms with E-state index in [1.54, 1.807) is 11.3 Å². The van der Waals surface area contributed by atoms with E-state index in [-0.39, 0.29) is 6.04 Å². The molecule has 0 radical (unpaired) electrons. The van der Waals surface area contributed by atoms with Gasteiger partial charge in [-0.1, -0.05) is 18.5 Å². The van der Waals surface area contributed by atoms with Gasteiger partial charge in [0.15, 0.2) is 0 Å². The third-order valence-corrected chi connectivity index (χ3v) is 3.51. The van der Waals surface area contributed by atoms with Gasteiger partial charge < -0.3 is 10.1 Å². The summed E-state index contributed by atoms with van der Waals surface area (Å²) in [5, 5.41) is 6.13. The third-order valence-electron chi connectivity index (χ3n) is 2.67. The summed E-state index contributed by atoms with van der Waals surface area (Å²) in [5.74, 6) is 0.827. The zero-order valence-corrected chi connectivity index (χ0v) is 12.6. The maximum absolute atomic E-state index is 6.05. The molecule has 0 bridgehead atoms. The topological polar surface area (TPSA) is 34.1 Å². The van der Waals surface area contributed by atoms with Gasteiger partial charge in [-0.05, 0) is 31.5 Å². The Labute approximate surface area is 122 Å². The van der Waals surface area contributed by atoms with Gasteiger partial charge in [-0.25, -0.2) is 4.98 Å². The van der Waals surface area contributed by atoms with Crippen LogP contribution in [-0.4, -0.2) is 11.6 Å². The minimum absolute atomic E-state index is 0.119. The fraction of sp³-hybridized carbons (Fsp3) is 0.357. The average molecular weight is 297 g/mol. The van der Waals surface area contributed by atoms with E-state index in [1.807, 2.05) is 29.1 Å². The number of nitrogens with zero attached hydrogens (tertiary/aromatic N) is 1. The maximum atomic E-state index is 6.05. The predicted molar refractivity (Wildman–Crippen MR) is 81.4 cm³/mol. The number of aromatic nitrogens is 1. The van der Waals surface area contributed by atoms with Crippen molar-refractivity contribution in [2.24, 2.45) is 0 Å². The van der Waals surface area contributed by atoms with E-state index in [4.69, 9.17) is 16.3 Å². The van der Waals surface area contributed by atoms with Crippen molar-refractivity contribution in [3.05, 3.63) is 39.8 Å². The second-order valence-electron chi connectivity index (χ2n) is 4.27. The third kappa shape index (κ3) is 3.85. The lowest BCUT2D eigenvalue weighted by Crippen LogP contribution is -2.08. The monoisotopic (exact) mass is 296 g/mol. The molecule has 1 N–H and O–H groups in total. The average Bonchev–Trinajstić information content (AvgIpc) is 2.92. The molecule has 0 saturated heterocycles. The summed E-state index contributed by atoms with van der Waals surface area (Å²) in [6.07, 6.45) is 0.976. The fourth-order valence-electron chi connectivity index (χ4n) is 1.70. The zero-order valence-electron chi connectivity index (χ0n) is 11.0. The first kappa shape index (κ1) is 14.2. The molecule has 1 atom stereocenters. The Bertz CT molecular complexity index is 516. The lowest BCUT2D eigenvalue weighted by molar-refractivity contribution is 0.318. The van der Waals surface area contributed by atoms with Gasteiger partial charge in [-0.15, -0.1) is 11.3 Å². The SMILES string of the molecule is CCCOc1ccc(Cl)cc1NC(C)c1cscn1. The number of ether oxygens (including phenoxy) is 1. The summed E-state index contributed by atoms with van der Waals surface area (Å²) in [5.41, 5.74) is 3.76. The molecular formula is C14H17ClN2OS. The standard InChI is InChI=1S/C14H17ClN2OS/c1-3-6-18-14-5-4-11(15)7-12(14)17-10(2)13-8-19-9-16-13/h4-5,7-10,17H,3,6H2,1-2H3. The van der Waals surface area contributed by atoms with E-state index in [2.05, 4.69) is 24.1 Å². The molecule has 2 rings (SSSR count). The second-order valence-corrected chi connectivity index (χ2v) is 5.42. The maximum Gasteiger partial charge on any atom is 0.142 e. The molecular weight excluding hydrogens is 280 g/mol. The van der Waals surface area contributed by atoms with Crippen LogP contribution >= 0.6 is 22.9 Å². The van der Waals surface area contributed by atoms with Gasteiger partial charge in [0.05, 0.1) is 29.5 Å². The van der Waals surface area contributed by atoms with Gasteiger partial charge in [0.25, 0.3) is 0 Å². The molecule has 2 aromatic rings. The van der Waals surface area contributed by atoms with Crippen LogP contribution in [0, 0.1) is 0 Å². The van der Waals surface area contributed by atoms with Gasteiger partial charge in [0, 0.05) is 10.4 Å². The second kappa shape index (κ2) is 6.78. The van der Waals surface area contributed by atoms with Crippen molar-refractivity contribution < 1.29 is 4.74 Å². The minimum Gasteiger partial charge on any atom is -0.491 e. The van der Waals surface area contributed by atoms with Crippen molar-refractivity contribution >= 4 is 28.6 Å². The van der Waals surface area contributed by atoms with E-state index in [1.165, 1.54) is 0 Å². The zero-order chi connectivity index (χ0) is 13.7. The van der Waals surface area contributed by atoms with Crippen molar-refractivity contribution in [1.29, 1.82) is 0 Å². The molecule has 0 amide bonds. The molecule has 19 heavy (non-hydrogen) atoms. The van der Waals surface area contributed by atoms with Crippen LogP contribution in [0.1, 0.15) is 32.0 Å². The summed E-state index contributed by atoms with van der Waals surface area (Å²) in [7, 11) is 0. The molecule has 1 aromatic carbocycles. The van der Waals surface area contributed by atoms with Crippen LogP contribution in [0.25, 0.3) is 0 Å². The highest BCUT2D eigenvalue weighted by atomic mass is 35.5. The van der Waals surface area contributed by atoms with Gasteiger partial charge in [-0.2, -0.15) is 0 Å². The minimum atomic E-state index is 0.119. The first-order chi connectivity index (χ1) is 9.20. The number of nitrogens with one attached hydrogen (secondary N) is 1. The van der Waals surface area contributed by atoms with E-state index in [0.29, 0.717) is 11.6 Å². The number of rotatable bonds is 6. The number of hydrogen-bond acceptors (Lipinski definition) is 4. The smallest absolute Gasteiger partial charge is 0.142 e. The van der Waals surface area contributed by atoms with Crippen LogP contribution in [0.15, 0.2) is 29.1 Å². The first-order valence-electron chi connectivity index (χ1n) is 6.27. The molecule has 0 spiro atoms. The Balaban J connectivity index is 2.15. The lowest BCUT2D eigenvalue weighted by atomic mass is 10.2. The summed E-state index contributed by atoms with van der Waals surface area (Å²) in [6, 6.07) is 5.74. The van der Waals surface area contributed by atoms with Gasteiger partial charge in [-0.3, -0.25) is 0 Å². The molecule has 0 aliphatic rings. The number of halogens is 1. The number of anilines is 1. The van der Waals surface area contributed by atoms with Crippen LogP contribution in [-0.2, 0) is 0 Å². The summed E-state index contributed by atoms with van der Waals surface area (Å²) < 4.78 is 5.72. The van der Waals surface area contributed by atoms with Crippen molar-refractivity contribution in [3.63, 3.8) is 0 Å². The Morgan fingerprint density at radius 1 is 1.47 bits per heavy atom. The quantitative estimate of drug-likeness (QED) is 0.834. The number of thiazole rings is 1. The fourth-order valence-corrected chi connectivity index (χ4v) is 2.52. The molecule has 1 heterocycles. The van der Waals surface area contributed by atoms with E-state index in [0.717, 1.165) is 23.6 Å². The van der Waals surface area contributed by atoms with Crippen molar-refractivity contribution in [3.8, 4) is 5.75 Å². The highest BCUT2D eigenvalue weighted by molar-refractivity contribution is 7.07. The van der Waals surface area contributed by atoms with Crippen molar-refractivity contribution in [2.45, 2.75) is 26.3 Å². The lowest BCUT2D eigenvalue weighted by Gasteiger charge is -2.17. The van der Waals surface area contributed by atoms with E-state index >= 15 is 0 Å². The Kier molecular flexibility index (Phi) is 5.05. The van der Waals surface area contributed by atoms with Crippen molar-refractivity contribution in [2.75, 3.05) is 11.9 Å². The summed E-state index contributed by atoms with van der Waals surface area (Å²) >= 11 is 7.64. The van der Waals surface area contributed by atoms with Gasteiger partial charge in [0.2, 0.25) is 0 Å². The molecule has 0 aliphatic carbocycles. The molecule has 102 valence electrons. The molecule has 5 heteroatoms. The normalized spacial score (nSPS) is 12.2. The van der Waals surface area contributed by atoms with Crippen LogP contribution in [0.4, 0.5) is 5.69 Å². The Morgan fingerprint density at radius 2 is 2.32 bits per heavy atom. The highest BCUT2D eigenvalue weighted by Gasteiger charge is 2.11. The van der Waals surface area contributed by atoms with E-state index in [9.17, 15) is 0 Å². The van der Waals surface area contributed by atoms with Crippen LogP contribution < -0.4 is 10.1 Å². The first-order valence-corrected chi connectivity index (χ1v) is 7.59. The molecule has 1 aromatic heterocycles. The van der Waals surface area contributed by atoms with Gasteiger partial charge in [0.1, 0.15) is 5.75 Å². The summed E-state index contributed by atoms with van der Waals surface area (Å²) in [6.45, 7) is 4.85. The number of benzene rings is 1.